The number of amides is 1. The van der Waals surface area contributed by atoms with Crippen LogP contribution in [0.5, 0.6) is 0 Å². The highest BCUT2D eigenvalue weighted by Crippen LogP contribution is 2.23. The molecule has 2 aromatic rings. The van der Waals surface area contributed by atoms with E-state index in [-0.39, 0.29) is 11.7 Å². The van der Waals surface area contributed by atoms with Crippen LogP contribution >= 0.6 is 23.4 Å². The molecule has 0 aliphatic rings. The summed E-state index contributed by atoms with van der Waals surface area (Å²) in [5.41, 5.74) is 3.08. The SMILES string of the molecule is CC(C)c1ccc(CCCNC(=O)CSCc2c(F)cccc2Cl)cc1. The Morgan fingerprint density at radius 1 is 1.19 bits per heavy atom. The average Bonchev–Trinajstić information content (AvgIpc) is 2.61. The number of aryl methyl sites for hydroxylation is 1. The van der Waals surface area contributed by atoms with Gasteiger partial charge in [-0.15, -0.1) is 11.8 Å². The van der Waals surface area contributed by atoms with Crippen LogP contribution in [-0.4, -0.2) is 18.2 Å². The summed E-state index contributed by atoms with van der Waals surface area (Å²) >= 11 is 7.34. The van der Waals surface area contributed by atoms with Gasteiger partial charge in [-0.2, -0.15) is 0 Å². The molecule has 2 rings (SSSR count). The second-order valence-electron chi connectivity index (χ2n) is 6.54. The van der Waals surface area contributed by atoms with Crippen molar-refractivity contribution in [2.45, 2.75) is 38.4 Å². The van der Waals surface area contributed by atoms with Gasteiger partial charge in [-0.05, 0) is 42.0 Å². The first-order valence-corrected chi connectivity index (χ1v) is 10.4. The number of hydrogen-bond donors (Lipinski definition) is 1. The third-order valence-corrected chi connectivity index (χ3v) is 5.47. The molecule has 0 heterocycles. The van der Waals surface area contributed by atoms with E-state index >= 15 is 0 Å². The Kier molecular flexibility index (Phi) is 8.46. The lowest BCUT2D eigenvalue weighted by molar-refractivity contribution is -0.118. The van der Waals surface area contributed by atoms with Crippen LogP contribution in [0.15, 0.2) is 42.5 Å². The molecule has 1 amide bonds. The zero-order valence-electron chi connectivity index (χ0n) is 15.2. The summed E-state index contributed by atoms with van der Waals surface area (Å²) in [6, 6.07) is 13.3. The smallest absolute Gasteiger partial charge is 0.230 e. The Hall–Kier alpha value is -1.52. The Balaban J connectivity index is 1.63. The van der Waals surface area contributed by atoms with Gasteiger partial charge in [0.1, 0.15) is 5.82 Å². The van der Waals surface area contributed by atoms with Crippen molar-refractivity contribution in [3.63, 3.8) is 0 Å². The largest absolute Gasteiger partial charge is 0.355 e. The molecule has 0 spiro atoms. The minimum atomic E-state index is -0.325. The number of carbonyl (C=O) groups excluding carboxylic acids is 1. The van der Waals surface area contributed by atoms with Gasteiger partial charge in [-0.1, -0.05) is 55.8 Å². The van der Waals surface area contributed by atoms with Crippen molar-refractivity contribution in [3.8, 4) is 0 Å². The van der Waals surface area contributed by atoms with Gasteiger partial charge in [0.05, 0.1) is 5.75 Å². The maximum atomic E-state index is 13.7. The highest BCUT2D eigenvalue weighted by atomic mass is 35.5. The van der Waals surface area contributed by atoms with Gasteiger partial charge in [0.15, 0.2) is 0 Å². The average molecular weight is 394 g/mol. The Labute approximate surface area is 164 Å². The zero-order valence-corrected chi connectivity index (χ0v) is 16.8. The first-order chi connectivity index (χ1) is 12.5. The van der Waals surface area contributed by atoms with Gasteiger partial charge >= 0.3 is 0 Å². The van der Waals surface area contributed by atoms with Crippen LogP contribution in [0.4, 0.5) is 4.39 Å². The highest BCUT2D eigenvalue weighted by molar-refractivity contribution is 7.99. The second kappa shape index (κ2) is 10.6. The lowest BCUT2D eigenvalue weighted by Gasteiger charge is -2.08. The molecule has 140 valence electrons. The molecule has 0 saturated carbocycles. The molecule has 1 N–H and O–H groups in total. The van der Waals surface area contributed by atoms with E-state index in [1.165, 1.54) is 29.0 Å². The number of thioether (sulfide) groups is 1. The molecular weight excluding hydrogens is 369 g/mol. The normalized spacial score (nSPS) is 11.0. The lowest BCUT2D eigenvalue weighted by atomic mass is 10.0. The summed E-state index contributed by atoms with van der Waals surface area (Å²) in [7, 11) is 0. The highest BCUT2D eigenvalue weighted by Gasteiger charge is 2.08. The molecule has 0 aromatic heterocycles. The van der Waals surface area contributed by atoms with Crippen LogP contribution in [0.25, 0.3) is 0 Å². The van der Waals surface area contributed by atoms with Crippen molar-refractivity contribution < 1.29 is 9.18 Å². The third-order valence-electron chi connectivity index (χ3n) is 4.15. The van der Waals surface area contributed by atoms with Gasteiger partial charge in [0.2, 0.25) is 5.91 Å². The Bertz CT molecular complexity index is 698. The summed E-state index contributed by atoms with van der Waals surface area (Å²) in [6.07, 6.45) is 1.84. The molecular formula is C21H25ClFNOS. The van der Waals surface area contributed by atoms with Crippen molar-refractivity contribution in [1.82, 2.24) is 5.32 Å². The van der Waals surface area contributed by atoms with Gasteiger partial charge in [0, 0.05) is 22.9 Å². The maximum absolute atomic E-state index is 13.7. The van der Waals surface area contributed by atoms with Crippen LogP contribution in [0.1, 0.15) is 42.9 Å². The quantitative estimate of drug-likeness (QED) is 0.563. The fourth-order valence-electron chi connectivity index (χ4n) is 2.56. The van der Waals surface area contributed by atoms with Crippen molar-refractivity contribution in [3.05, 3.63) is 70.0 Å². The number of benzene rings is 2. The molecule has 0 fully saturated rings. The minimum absolute atomic E-state index is 0.0300. The summed E-state index contributed by atoms with van der Waals surface area (Å²) in [6.45, 7) is 5.01. The first-order valence-electron chi connectivity index (χ1n) is 8.83. The van der Waals surface area contributed by atoms with Gasteiger partial charge in [0.25, 0.3) is 0 Å². The predicted octanol–water partition coefficient (Wildman–Crippen LogP) is 5.58. The Morgan fingerprint density at radius 3 is 2.58 bits per heavy atom. The van der Waals surface area contributed by atoms with Crippen LogP contribution < -0.4 is 5.32 Å². The molecule has 0 bridgehead atoms. The fraction of sp³-hybridized carbons (Fsp3) is 0.381. The number of halogens is 2. The summed E-state index contributed by atoms with van der Waals surface area (Å²) in [5.74, 6) is 0.876. The number of nitrogens with one attached hydrogen (secondary N) is 1. The monoisotopic (exact) mass is 393 g/mol. The van der Waals surface area contributed by atoms with Crippen molar-refractivity contribution in [1.29, 1.82) is 0 Å². The molecule has 0 aliphatic heterocycles. The molecule has 0 aliphatic carbocycles. The van der Waals surface area contributed by atoms with Gasteiger partial charge in [-0.25, -0.2) is 4.39 Å². The van der Waals surface area contributed by atoms with E-state index < -0.39 is 0 Å². The number of rotatable bonds is 9. The van der Waals surface area contributed by atoms with E-state index in [2.05, 4.69) is 43.4 Å². The van der Waals surface area contributed by atoms with Gasteiger partial charge < -0.3 is 5.32 Å². The lowest BCUT2D eigenvalue weighted by Crippen LogP contribution is -2.26. The van der Waals surface area contributed by atoms with Crippen molar-refractivity contribution in [2.75, 3.05) is 12.3 Å². The van der Waals surface area contributed by atoms with E-state index in [9.17, 15) is 9.18 Å². The van der Waals surface area contributed by atoms with Crippen LogP contribution in [0.3, 0.4) is 0 Å². The number of carbonyl (C=O) groups is 1. The molecule has 0 radical (unpaired) electrons. The molecule has 2 nitrogen and oxygen atoms in total. The molecule has 0 unspecified atom stereocenters. The summed E-state index contributed by atoms with van der Waals surface area (Å²) in [5, 5.41) is 3.32. The fourth-order valence-corrected chi connectivity index (χ4v) is 3.75. The van der Waals surface area contributed by atoms with E-state index in [0.29, 0.717) is 34.6 Å². The molecule has 5 heteroatoms. The molecule has 0 saturated heterocycles. The minimum Gasteiger partial charge on any atom is -0.355 e. The number of hydrogen-bond acceptors (Lipinski definition) is 2. The predicted molar refractivity (Wildman–Crippen MR) is 109 cm³/mol. The van der Waals surface area contributed by atoms with E-state index in [0.717, 1.165) is 12.8 Å². The van der Waals surface area contributed by atoms with Crippen LogP contribution in [0.2, 0.25) is 5.02 Å². The molecule has 2 aromatic carbocycles. The van der Waals surface area contributed by atoms with Crippen LogP contribution in [-0.2, 0) is 17.0 Å². The standard InChI is InChI=1S/C21H25ClFNOS/c1-15(2)17-10-8-16(9-11-17)5-4-12-24-21(25)14-26-13-18-19(22)6-3-7-20(18)23/h3,6-11,15H,4-5,12-14H2,1-2H3,(H,24,25). The maximum Gasteiger partial charge on any atom is 0.230 e. The third kappa shape index (κ3) is 6.65. The molecule has 0 atom stereocenters. The Morgan fingerprint density at radius 2 is 1.92 bits per heavy atom. The van der Waals surface area contributed by atoms with E-state index in [1.807, 2.05) is 0 Å². The molecule has 26 heavy (non-hydrogen) atoms. The summed E-state index contributed by atoms with van der Waals surface area (Å²) < 4.78 is 13.7. The summed E-state index contributed by atoms with van der Waals surface area (Å²) in [4.78, 5) is 11.9. The van der Waals surface area contributed by atoms with E-state index in [1.54, 1.807) is 12.1 Å². The van der Waals surface area contributed by atoms with Crippen molar-refractivity contribution >= 4 is 29.3 Å². The van der Waals surface area contributed by atoms with Crippen LogP contribution in [0, 0.1) is 5.82 Å². The second-order valence-corrected chi connectivity index (χ2v) is 7.94. The zero-order chi connectivity index (χ0) is 18.9. The van der Waals surface area contributed by atoms with Crippen molar-refractivity contribution in [2.24, 2.45) is 0 Å². The van der Waals surface area contributed by atoms with Gasteiger partial charge in [-0.3, -0.25) is 4.79 Å². The topological polar surface area (TPSA) is 29.1 Å². The first kappa shape index (κ1) is 20.8. The van der Waals surface area contributed by atoms with E-state index in [4.69, 9.17) is 11.6 Å².